The minimum Gasteiger partial charge on any atom is -0.373 e. The number of nitrogens with zero attached hydrogens (tertiary/aromatic N) is 5. The smallest absolute Gasteiger partial charge is 0.373 e. The Morgan fingerprint density at radius 1 is 1.06 bits per heavy atom. The fourth-order valence-electron chi connectivity index (χ4n) is 1.41. The molecule has 0 aromatic heterocycles. The van der Waals surface area contributed by atoms with Gasteiger partial charge in [-0.3, -0.25) is 4.91 Å². The summed E-state index contributed by atoms with van der Waals surface area (Å²) in [5, 5.41) is 4.40. The van der Waals surface area contributed by atoms with Crippen LogP contribution >= 0.6 is 0 Å². The molecule has 0 aromatic carbocycles. The summed E-state index contributed by atoms with van der Waals surface area (Å²) in [5.74, 6) is 0. The molecule has 0 amide bonds. The van der Waals surface area contributed by atoms with Crippen LogP contribution in [0, 0.1) is 5.41 Å². The number of rotatable bonds is 0. The maximum atomic E-state index is 6.75. The molecule has 0 atom stereocenters. The second-order valence-electron chi connectivity index (χ2n) is 4.78. The Labute approximate surface area is 141 Å². The Hall–Kier alpha value is 0.446. The van der Waals surface area contributed by atoms with Gasteiger partial charge in [-0.25, -0.2) is 5.01 Å². The molecule has 86 valence electrons. The van der Waals surface area contributed by atoms with E-state index in [1.807, 2.05) is 0 Å². The molecule has 0 saturated heterocycles. The van der Waals surface area contributed by atoms with Gasteiger partial charge < -0.3 is 16.1 Å². The van der Waals surface area contributed by atoms with Gasteiger partial charge in [0.05, 0.1) is 0 Å². The van der Waals surface area contributed by atoms with Crippen molar-refractivity contribution in [3.05, 3.63) is 28.2 Å². The second-order valence-corrected chi connectivity index (χ2v) is 4.78. The summed E-state index contributed by atoms with van der Waals surface area (Å²) in [6, 6.07) is 0. The zero-order valence-corrected chi connectivity index (χ0v) is 14.5. The van der Waals surface area contributed by atoms with Gasteiger partial charge >= 0.3 is 51.4 Å². The first kappa shape index (κ1) is 18.8. The van der Waals surface area contributed by atoms with Crippen LogP contribution in [-0.2, 0) is 0 Å². The standard InChI is InChI=1S/C10H20N2.K.N3/c1-9(2)7-8-11(5)12(6)10(9,3)4;;1-3-2/h7-8H,1-6H3;;/q;+1;-1. The van der Waals surface area contributed by atoms with E-state index in [4.69, 9.17) is 11.1 Å². The molecular formula is C10H20KN5. The maximum absolute atomic E-state index is 6.75. The van der Waals surface area contributed by atoms with E-state index in [1.165, 1.54) is 4.91 Å². The largest absolute Gasteiger partial charge is 1.00 e. The summed E-state index contributed by atoms with van der Waals surface area (Å²) in [4.78, 5) is 1.50. The molecule has 0 aliphatic carbocycles. The normalized spacial score (nSPS) is 21.2. The summed E-state index contributed by atoms with van der Waals surface area (Å²) < 4.78 is 0. The van der Waals surface area contributed by atoms with Crippen molar-refractivity contribution in [3.8, 4) is 0 Å². The van der Waals surface area contributed by atoms with Crippen molar-refractivity contribution < 1.29 is 51.4 Å². The predicted molar refractivity (Wildman–Crippen MR) is 62.6 cm³/mol. The number of hydrazine groups is 1. The quantitative estimate of drug-likeness (QED) is 0.262. The first-order chi connectivity index (χ1) is 6.70. The average molecular weight is 249 g/mol. The summed E-state index contributed by atoms with van der Waals surface area (Å²) >= 11 is 0. The topological polar surface area (TPSA) is 65.2 Å². The molecule has 0 N–H and O–H groups in total. The van der Waals surface area contributed by atoms with Crippen LogP contribution in [0.25, 0.3) is 16.0 Å². The second kappa shape index (κ2) is 7.01. The number of hydrogen-bond acceptors (Lipinski definition) is 2. The molecular weight excluding hydrogens is 229 g/mol. The third kappa shape index (κ3) is 4.03. The summed E-state index contributed by atoms with van der Waals surface area (Å²) in [6.45, 7) is 9.08. The summed E-state index contributed by atoms with van der Waals surface area (Å²) in [6.07, 6.45) is 4.40. The van der Waals surface area contributed by atoms with Crippen LogP contribution < -0.4 is 51.4 Å². The molecule has 0 bridgehead atoms. The Balaban J connectivity index is 0. The van der Waals surface area contributed by atoms with Gasteiger partial charge in [0.15, 0.2) is 0 Å². The van der Waals surface area contributed by atoms with E-state index < -0.39 is 0 Å². The molecule has 1 rings (SSSR count). The van der Waals surface area contributed by atoms with Crippen molar-refractivity contribution in [3.63, 3.8) is 0 Å². The summed E-state index contributed by atoms with van der Waals surface area (Å²) in [5.41, 5.74) is 13.9. The Morgan fingerprint density at radius 3 is 1.75 bits per heavy atom. The fourth-order valence-corrected chi connectivity index (χ4v) is 1.41. The molecule has 1 heterocycles. The van der Waals surface area contributed by atoms with Crippen molar-refractivity contribution in [1.29, 1.82) is 0 Å². The van der Waals surface area contributed by atoms with Crippen molar-refractivity contribution in [2.45, 2.75) is 33.2 Å². The van der Waals surface area contributed by atoms with E-state index in [0.717, 1.165) is 0 Å². The van der Waals surface area contributed by atoms with Crippen molar-refractivity contribution >= 4 is 0 Å². The predicted octanol–water partition coefficient (Wildman–Crippen LogP) is -0.0328. The number of hydrogen-bond donors (Lipinski definition) is 0. The van der Waals surface area contributed by atoms with E-state index in [1.54, 1.807) is 0 Å². The Morgan fingerprint density at radius 2 is 1.44 bits per heavy atom. The minimum atomic E-state index is 0. The molecule has 6 heteroatoms. The molecule has 0 fully saturated rings. The SMILES string of the molecule is CN1C=CC(C)(C)C(C)(C)N1C.[K+].[N-]=[N+]=[N-]. The Kier molecular flexibility index (Phi) is 8.24. The van der Waals surface area contributed by atoms with Gasteiger partial charge in [0, 0.05) is 31.2 Å². The molecule has 1 aliphatic heterocycles. The van der Waals surface area contributed by atoms with Gasteiger partial charge in [0.25, 0.3) is 0 Å². The van der Waals surface area contributed by atoms with Gasteiger partial charge in [0.2, 0.25) is 0 Å². The van der Waals surface area contributed by atoms with Gasteiger partial charge in [-0.2, -0.15) is 0 Å². The van der Waals surface area contributed by atoms with Crippen LogP contribution in [0.2, 0.25) is 0 Å². The van der Waals surface area contributed by atoms with E-state index in [2.05, 4.69) is 64.1 Å². The molecule has 0 saturated carbocycles. The van der Waals surface area contributed by atoms with Crippen LogP contribution in [0.15, 0.2) is 12.3 Å². The fraction of sp³-hybridized carbons (Fsp3) is 0.800. The average Bonchev–Trinajstić information content (AvgIpc) is 2.12. The zero-order chi connectivity index (χ0) is 12.3. The van der Waals surface area contributed by atoms with Crippen molar-refractivity contribution in [2.24, 2.45) is 5.41 Å². The van der Waals surface area contributed by atoms with E-state index in [0.29, 0.717) is 0 Å². The van der Waals surface area contributed by atoms with Crippen LogP contribution in [0.4, 0.5) is 0 Å². The minimum absolute atomic E-state index is 0. The summed E-state index contributed by atoms with van der Waals surface area (Å²) in [7, 11) is 4.21. The zero-order valence-electron chi connectivity index (χ0n) is 11.4. The van der Waals surface area contributed by atoms with Gasteiger partial charge in [-0.15, -0.1) is 0 Å². The third-order valence-electron chi connectivity index (χ3n) is 3.57. The van der Waals surface area contributed by atoms with Gasteiger partial charge in [0.1, 0.15) is 0 Å². The maximum Gasteiger partial charge on any atom is 1.00 e. The molecule has 0 aromatic rings. The molecule has 0 unspecified atom stereocenters. The Bertz CT molecular complexity index is 279. The molecule has 16 heavy (non-hydrogen) atoms. The molecule has 1 aliphatic rings. The first-order valence-electron chi connectivity index (χ1n) is 4.85. The van der Waals surface area contributed by atoms with E-state index >= 15 is 0 Å². The van der Waals surface area contributed by atoms with Crippen molar-refractivity contribution in [2.75, 3.05) is 14.1 Å². The van der Waals surface area contributed by atoms with Gasteiger partial charge in [-0.1, -0.05) is 19.9 Å². The van der Waals surface area contributed by atoms with Crippen LogP contribution in [0.1, 0.15) is 27.7 Å². The first-order valence-corrected chi connectivity index (χ1v) is 4.85. The van der Waals surface area contributed by atoms with Crippen LogP contribution in [0.3, 0.4) is 0 Å². The third-order valence-corrected chi connectivity index (χ3v) is 3.57. The van der Waals surface area contributed by atoms with Crippen LogP contribution in [0.5, 0.6) is 0 Å². The van der Waals surface area contributed by atoms with Crippen molar-refractivity contribution in [1.82, 2.24) is 10.0 Å². The van der Waals surface area contributed by atoms with E-state index in [9.17, 15) is 0 Å². The molecule has 5 nitrogen and oxygen atoms in total. The van der Waals surface area contributed by atoms with E-state index in [-0.39, 0.29) is 62.3 Å². The monoisotopic (exact) mass is 249 g/mol. The molecule has 0 radical (unpaired) electrons. The van der Waals surface area contributed by atoms with Gasteiger partial charge in [-0.05, 0) is 13.8 Å². The van der Waals surface area contributed by atoms with Crippen LogP contribution in [-0.4, -0.2) is 29.7 Å². The molecule has 0 spiro atoms.